The van der Waals surface area contributed by atoms with Crippen LogP contribution in [-0.2, 0) is 0 Å². The van der Waals surface area contributed by atoms with E-state index >= 15 is 0 Å². The molecule has 90 valence electrons. The smallest absolute Gasteiger partial charge is 0.0738 e. The van der Waals surface area contributed by atoms with Gasteiger partial charge >= 0.3 is 0 Å². The number of hydrogen-bond donors (Lipinski definition) is 0. The maximum Gasteiger partial charge on any atom is 0.0738 e. The summed E-state index contributed by atoms with van der Waals surface area (Å²) in [6, 6.07) is 1.19. The molecule has 0 spiro atoms. The topological polar surface area (TPSA) is 21.1 Å². The van der Waals surface area contributed by atoms with Gasteiger partial charge in [0.05, 0.1) is 21.9 Å². The van der Waals surface area contributed by atoms with Gasteiger partial charge in [-0.3, -0.25) is 9.58 Å². The van der Waals surface area contributed by atoms with Crippen LogP contribution in [0.3, 0.4) is 0 Å². The normalized spacial score (nSPS) is 22.2. The first-order chi connectivity index (χ1) is 7.50. The van der Waals surface area contributed by atoms with Crippen molar-refractivity contribution in [2.45, 2.75) is 46.2 Å². The highest BCUT2D eigenvalue weighted by Gasteiger charge is 2.27. The first-order valence-electron chi connectivity index (χ1n) is 5.96. The molecule has 0 radical (unpaired) electrons. The largest absolute Gasteiger partial charge is 0.299 e. The van der Waals surface area contributed by atoms with E-state index in [0.717, 1.165) is 16.7 Å². The molecule has 1 aliphatic heterocycles. The summed E-state index contributed by atoms with van der Waals surface area (Å²) < 4.78 is 3.36. The number of rotatable bonds is 2. The maximum absolute atomic E-state index is 4.63. The molecule has 16 heavy (non-hydrogen) atoms. The second-order valence-corrected chi connectivity index (χ2v) is 5.75. The van der Waals surface area contributed by atoms with Crippen LogP contribution in [0.2, 0.25) is 0 Å². The van der Waals surface area contributed by atoms with Gasteiger partial charge in [-0.25, -0.2) is 0 Å². The molecule has 0 aliphatic carbocycles. The highest BCUT2D eigenvalue weighted by atomic mass is 79.9. The summed E-state index contributed by atoms with van der Waals surface area (Å²) in [6.45, 7) is 11.0. The van der Waals surface area contributed by atoms with Crippen LogP contribution in [0.15, 0.2) is 4.47 Å². The fourth-order valence-electron chi connectivity index (χ4n) is 2.44. The summed E-state index contributed by atoms with van der Waals surface area (Å²) in [5, 5.41) is 4.63. The minimum absolute atomic E-state index is 0.549. The van der Waals surface area contributed by atoms with Gasteiger partial charge in [0, 0.05) is 19.1 Å². The standard InChI is InChI=1S/C12H20BrN3/c1-8(2)15-6-5-11(7-15)16-10(4)12(13)9(3)14-16/h8,11H,5-7H2,1-4H3. The Kier molecular flexibility index (Phi) is 3.40. The fraction of sp³-hybridized carbons (Fsp3) is 0.750. The van der Waals surface area contributed by atoms with Gasteiger partial charge in [-0.2, -0.15) is 5.10 Å². The van der Waals surface area contributed by atoms with Crippen LogP contribution in [0.5, 0.6) is 0 Å². The van der Waals surface area contributed by atoms with E-state index in [1.54, 1.807) is 0 Å². The highest BCUT2D eigenvalue weighted by Crippen LogP contribution is 2.28. The molecule has 4 heteroatoms. The van der Waals surface area contributed by atoms with Crippen LogP contribution in [0.4, 0.5) is 0 Å². The van der Waals surface area contributed by atoms with Gasteiger partial charge in [-0.05, 0) is 50.0 Å². The monoisotopic (exact) mass is 285 g/mol. The molecule has 1 atom stereocenters. The molecule has 1 aliphatic rings. The third-order valence-electron chi connectivity index (χ3n) is 3.51. The lowest BCUT2D eigenvalue weighted by atomic mass is 10.2. The van der Waals surface area contributed by atoms with Crippen molar-refractivity contribution in [2.24, 2.45) is 0 Å². The Labute approximate surface area is 106 Å². The van der Waals surface area contributed by atoms with Crippen LogP contribution in [-0.4, -0.2) is 33.8 Å². The Morgan fingerprint density at radius 2 is 2.06 bits per heavy atom. The molecule has 0 bridgehead atoms. The highest BCUT2D eigenvalue weighted by molar-refractivity contribution is 9.10. The number of likely N-dealkylation sites (tertiary alicyclic amines) is 1. The van der Waals surface area contributed by atoms with E-state index in [4.69, 9.17) is 0 Å². The summed E-state index contributed by atoms with van der Waals surface area (Å²) >= 11 is 3.59. The first-order valence-corrected chi connectivity index (χ1v) is 6.75. The molecule has 2 heterocycles. The van der Waals surface area contributed by atoms with Crippen LogP contribution in [0.1, 0.15) is 37.7 Å². The fourth-order valence-corrected chi connectivity index (χ4v) is 2.70. The van der Waals surface area contributed by atoms with Crippen molar-refractivity contribution in [2.75, 3.05) is 13.1 Å². The predicted molar refractivity (Wildman–Crippen MR) is 69.8 cm³/mol. The zero-order valence-corrected chi connectivity index (χ0v) is 12.1. The van der Waals surface area contributed by atoms with Crippen LogP contribution in [0.25, 0.3) is 0 Å². The van der Waals surface area contributed by atoms with Crippen molar-refractivity contribution < 1.29 is 0 Å². The second-order valence-electron chi connectivity index (χ2n) is 4.96. The summed E-state index contributed by atoms with van der Waals surface area (Å²) in [5.41, 5.74) is 2.36. The van der Waals surface area contributed by atoms with Crippen molar-refractivity contribution in [3.8, 4) is 0 Å². The molecule has 1 unspecified atom stereocenters. The number of hydrogen-bond acceptors (Lipinski definition) is 2. The summed E-state index contributed by atoms with van der Waals surface area (Å²) in [4.78, 5) is 2.52. The summed E-state index contributed by atoms with van der Waals surface area (Å²) in [5.74, 6) is 0. The van der Waals surface area contributed by atoms with Crippen molar-refractivity contribution in [3.05, 3.63) is 15.9 Å². The van der Waals surface area contributed by atoms with E-state index in [2.05, 4.69) is 58.3 Å². The lowest BCUT2D eigenvalue weighted by Crippen LogP contribution is -2.29. The van der Waals surface area contributed by atoms with Crippen molar-refractivity contribution >= 4 is 15.9 Å². The predicted octanol–water partition coefficient (Wildman–Crippen LogP) is 2.92. The van der Waals surface area contributed by atoms with Gasteiger partial charge in [0.15, 0.2) is 0 Å². The second kappa shape index (κ2) is 4.49. The third kappa shape index (κ3) is 2.05. The molecule has 0 N–H and O–H groups in total. The van der Waals surface area contributed by atoms with Gasteiger partial charge in [-0.1, -0.05) is 0 Å². The van der Waals surface area contributed by atoms with Crippen LogP contribution >= 0.6 is 15.9 Å². The minimum Gasteiger partial charge on any atom is -0.299 e. The van der Waals surface area contributed by atoms with Crippen molar-refractivity contribution in [1.29, 1.82) is 0 Å². The molecule has 1 fully saturated rings. The Bertz CT molecular complexity index is 384. The van der Waals surface area contributed by atoms with E-state index in [0.29, 0.717) is 12.1 Å². The van der Waals surface area contributed by atoms with E-state index in [-0.39, 0.29) is 0 Å². The number of nitrogens with zero attached hydrogens (tertiary/aromatic N) is 3. The Balaban J connectivity index is 2.17. The number of aromatic nitrogens is 2. The zero-order valence-electron chi connectivity index (χ0n) is 10.5. The van der Waals surface area contributed by atoms with E-state index < -0.39 is 0 Å². The average Bonchev–Trinajstić information content (AvgIpc) is 2.79. The summed E-state index contributed by atoms with van der Waals surface area (Å²) in [6.07, 6.45) is 1.21. The van der Waals surface area contributed by atoms with Gasteiger partial charge in [0.1, 0.15) is 0 Å². The minimum atomic E-state index is 0.549. The van der Waals surface area contributed by atoms with E-state index in [9.17, 15) is 0 Å². The quantitative estimate of drug-likeness (QED) is 0.833. The van der Waals surface area contributed by atoms with Crippen LogP contribution in [0, 0.1) is 13.8 Å². The lowest BCUT2D eigenvalue weighted by Gasteiger charge is -2.20. The molecule has 0 aromatic carbocycles. The van der Waals surface area contributed by atoms with Crippen molar-refractivity contribution in [3.63, 3.8) is 0 Å². The Morgan fingerprint density at radius 1 is 1.38 bits per heavy atom. The van der Waals surface area contributed by atoms with Gasteiger partial charge in [0.2, 0.25) is 0 Å². The molecule has 1 aromatic rings. The molecular weight excluding hydrogens is 266 g/mol. The molecule has 1 saturated heterocycles. The third-order valence-corrected chi connectivity index (χ3v) is 4.66. The van der Waals surface area contributed by atoms with Gasteiger partial charge < -0.3 is 0 Å². The van der Waals surface area contributed by atoms with Crippen molar-refractivity contribution in [1.82, 2.24) is 14.7 Å². The number of aryl methyl sites for hydroxylation is 1. The van der Waals surface area contributed by atoms with Gasteiger partial charge in [0.25, 0.3) is 0 Å². The molecular formula is C12H20BrN3. The molecule has 3 nitrogen and oxygen atoms in total. The summed E-state index contributed by atoms with van der Waals surface area (Å²) in [7, 11) is 0. The maximum atomic E-state index is 4.63. The Morgan fingerprint density at radius 3 is 2.50 bits per heavy atom. The Hall–Kier alpha value is -0.350. The first kappa shape index (κ1) is 12.1. The van der Waals surface area contributed by atoms with E-state index in [1.165, 1.54) is 18.7 Å². The van der Waals surface area contributed by atoms with Crippen LogP contribution < -0.4 is 0 Å². The van der Waals surface area contributed by atoms with E-state index in [1.807, 2.05) is 0 Å². The SMILES string of the molecule is Cc1nn(C2CCN(C(C)C)C2)c(C)c1Br. The number of halogens is 1. The molecule has 2 rings (SSSR count). The molecule has 0 saturated carbocycles. The average molecular weight is 286 g/mol. The van der Waals surface area contributed by atoms with Gasteiger partial charge in [-0.15, -0.1) is 0 Å². The molecule has 1 aromatic heterocycles. The molecule has 0 amide bonds. The lowest BCUT2D eigenvalue weighted by molar-refractivity contribution is 0.262. The zero-order chi connectivity index (χ0) is 11.9.